The number of ether oxygens (including phenoxy) is 2. The third-order valence-corrected chi connectivity index (χ3v) is 4.71. The van der Waals surface area contributed by atoms with Crippen molar-refractivity contribution in [1.29, 1.82) is 0 Å². The van der Waals surface area contributed by atoms with E-state index >= 15 is 0 Å². The van der Waals surface area contributed by atoms with Crippen LogP contribution in [0.3, 0.4) is 0 Å². The number of hydrogen-bond acceptors (Lipinski definition) is 3. The van der Waals surface area contributed by atoms with Gasteiger partial charge >= 0.3 is 18.4 Å². The van der Waals surface area contributed by atoms with Crippen molar-refractivity contribution in [3.63, 3.8) is 0 Å². The number of benzene rings is 2. The molecule has 0 aromatic heterocycles. The Hall–Kier alpha value is -3.01. The maximum Gasteiger partial charge on any atom is 0.416 e. The fraction of sp³-hybridized carbons (Fsp3) is 0.400. The molecular weight excluding hydrogens is 476 g/mol. The average molecular weight is 503 g/mol. The molecule has 10 heteroatoms. The van der Waals surface area contributed by atoms with Gasteiger partial charge in [-0.15, -0.1) is 6.58 Å². The van der Waals surface area contributed by atoms with Gasteiger partial charge in [0.05, 0.1) is 30.4 Å². The summed E-state index contributed by atoms with van der Waals surface area (Å²) in [4.78, 5) is 14.2. The fourth-order valence-corrected chi connectivity index (χ4v) is 3.22. The Kier molecular flexibility index (Phi) is 9.00. The summed E-state index contributed by atoms with van der Waals surface area (Å²) in [7, 11) is 0. The Morgan fingerprint density at radius 2 is 1.51 bits per heavy atom. The van der Waals surface area contributed by atoms with E-state index in [0.717, 1.165) is 0 Å². The van der Waals surface area contributed by atoms with Gasteiger partial charge in [0.1, 0.15) is 5.60 Å². The summed E-state index contributed by atoms with van der Waals surface area (Å²) >= 11 is 0. The summed E-state index contributed by atoms with van der Waals surface area (Å²) in [5.74, 6) is 0. The second kappa shape index (κ2) is 11.2. The van der Waals surface area contributed by atoms with E-state index < -0.39 is 47.8 Å². The number of carbonyl (C=O) groups is 1. The molecule has 0 heterocycles. The predicted molar refractivity (Wildman–Crippen MR) is 118 cm³/mol. The number of halogens is 6. The molecule has 1 amide bonds. The van der Waals surface area contributed by atoms with E-state index in [9.17, 15) is 31.1 Å². The standard InChI is InChI=1S/C25H27F6NO3/c1-5-11-32(22(33)35-23(2,3)4)21(18-9-7-6-8-10-18)16-34-15-17-12-19(24(26,27)28)14-20(13-17)25(29,30)31/h5-10,12-14,21H,1,11,15-16H2,2-4H3/t21-/m1/s1. The molecule has 0 bridgehead atoms. The van der Waals surface area contributed by atoms with Crippen LogP contribution in [-0.4, -0.2) is 29.7 Å². The summed E-state index contributed by atoms with van der Waals surface area (Å²) in [6, 6.07) is 9.21. The maximum atomic E-state index is 13.1. The molecule has 0 N–H and O–H groups in total. The lowest BCUT2D eigenvalue weighted by Gasteiger charge is -2.33. The second-order valence-electron chi connectivity index (χ2n) is 8.78. The molecule has 0 spiro atoms. The lowest BCUT2D eigenvalue weighted by molar-refractivity contribution is -0.143. The first-order chi connectivity index (χ1) is 16.1. The van der Waals surface area contributed by atoms with E-state index in [1.807, 2.05) is 0 Å². The van der Waals surface area contributed by atoms with Gasteiger partial charge < -0.3 is 9.47 Å². The van der Waals surface area contributed by atoms with Crippen LogP contribution in [0.1, 0.15) is 49.1 Å². The third kappa shape index (κ3) is 8.61. The lowest BCUT2D eigenvalue weighted by atomic mass is 10.0. The number of alkyl halides is 6. The van der Waals surface area contributed by atoms with E-state index in [2.05, 4.69) is 6.58 Å². The highest BCUT2D eigenvalue weighted by Crippen LogP contribution is 2.36. The number of hydrogen-bond donors (Lipinski definition) is 0. The second-order valence-corrected chi connectivity index (χ2v) is 8.78. The third-order valence-electron chi connectivity index (χ3n) is 4.71. The molecule has 1 atom stereocenters. The van der Waals surface area contributed by atoms with Crippen LogP contribution >= 0.6 is 0 Å². The molecule has 0 aliphatic rings. The summed E-state index contributed by atoms with van der Waals surface area (Å²) < 4.78 is 89.9. The van der Waals surface area contributed by atoms with Crippen LogP contribution in [0.4, 0.5) is 31.1 Å². The van der Waals surface area contributed by atoms with Gasteiger partial charge in [0, 0.05) is 6.54 Å². The Balaban J connectivity index is 2.32. The van der Waals surface area contributed by atoms with E-state index in [1.54, 1.807) is 51.1 Å². The van der Waals surface area contributed by atoms with Gasteiger partial charge in [0.15, 0.2) is 0 Å². The first-order valence-electron chi connectivity index (χ1n) is 10.6. The van der Waals surface area contributed by atoms with Gasteiger partial charge in [-0.05, 0) is 50.1 Å². The maximum absolute atomic E-state index is 13.1. The molecule has 192 valence electrons. The smallest absolute Gasteiger partial charge is 0.416 e. The van der Waals surface area contributed by atoms with Crippen molar-refractivity contribution in [1.82, 2.24) is 4.90 Å². The topological polar surface area (TPSA) is 38.8 Å². The van der Waals surface area contributed by atoms with Crippen molar-refractivity contribution in [3.8, 4) is 0 Å². The van der Waals surface area contributed by atoms with Crippen molar-refractivity contribution in [2.45, 2.75) is 51.4 Å². The summed E-state index contributed by atoms with van der Waals surface area (Å²) in [5, 5.41) is 0. The number of rotatable bonds is 8. The normalized spacial score (nSPS) is 13.3. The van der Waals surface area contributed by atoms with Crippen LogP contribution in [-0.2, 0) is 28.4 Å². The van der Waals surface area contributed by atoms with Gasteiger partial charge in [-0.25, -0.2) is 4.79 Å². The molecule has 35 heavy (non-hydrogen) atoms. The molecule has 2 aromatic carbocycles. The lowest BCUT2D eigenvalue weighted by Crippen LogP contribution is -2.41. The number of nitrogens with zero attached hydrogens (tertiary/aromatic N) is 1. The van der Waals surface area contributed by atoms with Crippen molar-refractivity contribution in [2.75, 3.05) is 13.2 Å². The van der Waals surface area contributed by atoms with Crippen molar-refractivity contribution >= 4 is 6.09 Å². The minimum Gasteiger partial charge on any atom is -0.444 e. The van der Waals surface area contributed by atoms with Crippen LogP contribution < -0.4 is 0 Å². The van der Waals surface area contributed by atoms with Gasteiger partial charge in [0.25, 0.3) is 0 Å². The van der Waals surface area contributed by atoms with Gasteiger partial charge in [-0.2, -0.15) is 26.3 Å². The molecule has 2 rings (SSSR count). The van der Waals surface area contributed by atoms with Crippen LogP contribution in [0.25, 0.3) is 0 Å². The molecular formula is C25H27F6NO3. The first kappa shape index (κ1) is 28.2. The quantitative estimate of drug-likeness (QED) is 0.278. The van der Waals surface area contributed by atoms with Crippen molar-refractivity contribution in [3.05, 3.63) is 83.4 Å². The fourth-order valence-electron chi connectivity index (χ4n) is 3.22. The van der Waals surface area contributed by atoms with Gasteiger partial charge in [-0.1, -0.05) is 36.4 Å². The Bertz CT molecular complexity index is 965. The molecule has 0 aliphatic carbocycles. The van der Waals surface area contributed by atoms with Crippen molar-refractivity contribution in [2.24, 2.45) is 0 Å². The molecule has 0 radical (unpaired) electrons. The molecule has 0 saturated carbocycles. The zero-order valence-corrected chi connectivity index (χ0v) is 19.5. The molecule has 0 saturated heterocycles. The van der Waals surface area contributed by atoms with E-state index in [1.165, 1.54) is 11.0 Å². The highest BCUT2D eigenvalue weighted by Gasteiger charge is 2.37. The number of amides is 1. The Morgan fingerprint density at radius 3 is 1.97 bits per heavy atom. The van der Waals surface area contributed by atoms with Crippen LogP contribution in [0.15, 0.2) is 61.2 Å². The molecule has 0 aliphatic heterocycles. The van der Waals surface area contributed by atoms with Crippen molar-refractivity contribution < 1.29 is 40.6 Å². The van der Waals surface area contributed by atoms with E-state index in [-0.39, 0.29) is 24.8 Å². The van der Waals surface area contributed by atoms with Crippen LogP contribution in [0, 0.1) is 0 Å². The minimum atomic E-state index is -4.96. The molecule has 4 nitrogen and oxygen atoms in total. The average Bonchev–Trinajstić information content (AvgIpc) is 2.73. The Morgan fingerprint density at radius 1 is 0.971 bits per heavy atom. The monoisotopic (exact) mass is 503 g/mol. The largest absolute Gasteiger partial charge is 0.444 e. The number of carbonyl (C=O) groups excluding carboxylic acids is 1. The summed E-state index contributed by atoms with van der Waals surface area (Å²) in [5.41, 5.74) is -3.31. The molecule has 0 fully saturated rings. The first-order valence-corrected chi connectivity index (χ1v) is 10.6. The Labute approximate surface area is 200 Å². The summed E-state index contributed by atoms with van der Waals surface area (Å²) in [6.45, 7) is 8.04. The minimum absolute atomic E-state index is 0.0601. The van der Waals surface area contributed by atoms with E-state index in [0.29, 0.717) is 17.7 Å². The summed E-state index contributed by atoms with van der Waals surface area (Å²) in [6.07, 6.45) is -9.11. The zero-order chi connectivity index (χ0) is 26.4. The van der Waals surface area contributed by atoms with Gasteiger partial charge in [0.2, 0.25) is 0 Å². The zero-order valence-electron chi connectivity index (χ0n) is 19.5. The molecule has 2 aromatic rings. The van der Waals surface area contributed by atoms with Gasteiger partial charge in [-0.3, -0.25) is 4.90 Å². The van der Waals surface area contributed by atoms with Crippen LogP contribution in [0.5, 0.6) is 0 Å². The van der Waals surface area contributed by atoms with Crippen LogP contribution in [0.2, 0.25) is 0 Å². The highest BCUT2D eigenvalue weighted by molar-refractivity contribution is 5.69. The molecule has 0 unspecified atom stereocenters. The predicted octanol–water partition coefficient (Wildman–Crippen LogP) is 7.41. The SMILES string of the molecule is C=CCN(C(=O)OC(C)(C)C)[C@H](COCc1cc(C(F)(F)F)cc(C(F)(F)F)c1)c1ccccc1. The van der Waals surface area contributed by atoms with E-state index in [4.69, 9.17) is 9.47 Å². The highest BCUT2D eigenvalue weighted by atomic mass is 19.4.